The Morgan fingerprint density at radius 3 is 2.61 bits per heavy atom. The monoisotopic (exact) mass is 531 g/mol. The van der Waals surface area contributed by atoms with Crippen LogP contribution >= 0.6 is 11.8 Å². The summed E-state index contributed by atoms with van der Waals surface area (Å²) in [5.41, 5.74) is 2.63. The molecule has 9 heteroatoms. The Morgan fingerprint density at radius 1 is 1.08 bits per heavy atom. The van der Waals surface area contributed by atoms with Gasteiger partial charge < -0.3 is 14.3 Å². The molecule has 0 aliphatic carbocycles. The number of thioether (sulfide) groups is 1. The molecule has 0 atom stereocenters. The average molecular weight is 532 g/mol. The first kappa shape index (κ1) is 26.0. The van der Waals surface area contributed by atoms with Crippen molar-refractivity contribution in [2.75, 3.05) is 39.4 Å². The summed E-state index contributed by atoms with van der Waals surface area (Å²) in [7, 11) is 0. The van der Waals surface area contributed by atoms with E-state index >= 15 is 0 Å². The lowest BCUT2D eigenvalue weighted by molar-refractivity contribution is -0.122. The van der Waals surface area contributed by atoms with Crippen molar-refractivity contribution in [2.45, 2.75) is 13.3 Å². The van der Waals surface area contributed by atoms with Crippen LogP contribution in [0.3, 0.4) is 0 Å². The zero-order valence-corrected chi connectivity index (χ0v) is 21.9. The van der Waals surface area contributed by atoms with Crippen molar-refractivity contribution in [3.05, 3.63) is 82.5 Å². The van der Waals surface area contributed by atoms with Crippen molar-refractivity contribution in [2.24, 2.45) is 4.99 Å². The SMILES string of the molecule is Cc1cc(C(=O)O)ccc1-c1ccc(/C=C2\SC(=Nc3ccccc3)N(CCCN3CCOCC3)C2=O)o1. The summed E-state index contributed by atoms with van der Waals surface area (Å²) >= 11 is 1.34. The van der Waals surface area contributed by atoms with Crippen molar-refractivity contribution in [1.82, 2.24) is 9.80 Å². The molecule has 2 aromatic carbocycles. The molecule has 8 nitrogen and oxygen atoms in total. The number of furan rings is 1. The van der Waals surface area contributed by atoms with Crippen LogP contribution in [0.5, 0.6) is 0 Å². The van der Waals surface area contributed by atoms with E-state index in [-0.39, 0.29) is 11.5 Å². The van der Waals surface area contributed by atoms with E-state index in [1.807, 2.05) is 49.4 Å². The molecule has 196 valence electrons. The molecule has 0 bridgehead atoms. The molecule has 2 saturated heterocycles. The molecule has 0 radical (unpaired) electrons. The van der Waals surface area contributed by atoms with E-state index in [0.717, 1.165) is 56.1 Å². The predicted molar refractivity (Wildman–Crippen MR) is 149 cm³/mol. The van der Waals surface area contributed by atoms with Gasteiger partial charge in [0.2, 0.25) is 0 Å². The molecule has 1 aromatic heterocycles. The second-order valence-corrected chi connectivity index (χ2v) is 10.2. The Kier molecular flexibility index (Phi) is 8.07. The van der Waals surface area contributed by atoms with Crippen LogP contribution in [-0.4, -0.2) is 71.3 Å². The summed E-state index contributed by atoms with van der Waals surface area (Å²) in [5, 5.41) is 9.88. The van der Waals surface area contributed by atoms with Gasteiger partial charge in [-0.25, -0.2) is 9.79 Å². The molecular weight excluding hydrogens is 502 g/mol. The molecular formula is C29H29N3O5S. The smallest absolute Gasteiger partial charge is 0.335 e. The highest BCUT2D eigenvalue weighted by Crippen LogP contribution is 2.35. The molecule has 38 heavy (non-hydrogen) atoms. The van der Waals surface area contributed by atoms with Gasteiger partial charge in [-0.2, -0.15) is 0 Å². The van der Waals surface area contributed by atoms with E-state index in [4.69, 9.17) is 14.1 Å². The number of ether oxygens (including phenoxy) is 1. The number of carboxylic acid groups (broad SMARTS) is 1. The fourth-order valence-electron chi connectivity index (χ4n) is 4.46. The van der Waals surface area contributed by atoms with Crippen LogP contribution in [0.2, 0.25) is 0 Å². The third-order valence-corrected chi connectivity index (χ3v) is 7.47. The van der Waals surface area contributed by atoms with Crippen molar-refractivity contribution in [3.63, 3.8) is 0 Å². The highest BCUT2D eigenvalue weighted by Gasteiger charge is 2.33. The van der Waals surface area contributed by atoms with Crippen molar-refractivity contribution >= 4 is 40.6 Å². The number of aliphatic imine (C=N–C) groups is 1. The molecule has 0 saturated carbocycles. The van der Waals surface area contributed by atoms with E-state index in [2.05, 4.69) is 4.90 Å². The zero-order chi connectivity index (χ0) is 26.5. The highest BCUT2D eigenvalue weighted by molar-refractivity contribution is 8.18. The van der Waals surface area contributed by atoms with Gasteiger partial charge >= 0.3 is 5.97 Å². The molecule has 1 N–H and O–H groups in total. The van der Waals surface area contributed by atoms with Gasteiger partial charge in [0, 0.05) is 37.8 Å². The molecule has 2 fully saturated rings. The number of aryl methyl sites for hydroxylation is 1. The number of hydrogen-bond acceptors (Lipinski definition) is 7. The summed E-state index contributed by atoms with van der Waals surface area (Å²) in [6.45, 7) is 6.65. The minimum absolute atomic E-state index is 0.0911. The summed E-state index contributed by atoms with van der Waals surface area (Å²) in [5.74, 6) is 0.101. The first-order valence-corrected chi connectivity index (χ1v) is 13.4. The number of carbonyl (C=O) groups excluding carboxylic acids is 1. The molecule has 3 heterocycles. The van der Waals surface area contributed by atoms with Crippen LogP contribution in [0.15, 0.2) is 75.0 Å². The maximum atomic E-state index is 13.4. The lowest BCUT2D eigenvalue weighted by atomic mass is 10.0. The fraction of sp³-hybridized carbons (Fsp3) is 0.276. The van der Waals surface area contributed by atoms with Crippen molar-refractivity contribution in [3.8, 4) is 11.3 Å². The van der Waals surface area contributed by atoms with E-state index in [1.165, 1.54) is 11.8 Å². The van der Waals surface area contributed by atoms with E-state index in [0.29, 0.717) is 28.1 Å². The van der Waals surface area contributed by atoms with Crippen molar-refractivity contribution in [1.29, 1.82) is 0 Å². The largest absolute Gasteiger partial charge is 0.478 e. The van der Waals surface area contributed by atoms with Gasteiger partial charge in [0.1, 0.15) is 11.5 Å². The van der Waals surface area contributed by atoms with E-state index in [1.54, 1.807) is 29.2 Å². The number of morpholine rings is 1. The Labute approximate surface area is 225 Å². The van der Waals surface area contributed by atoms with Crippen molar-refractivity contribution < 1.29 is 23.8 Å². The summed E-state index contributed by atoms with van der Waals surface area (Å²) in [4.78, 5) is 34.1. The lowest BCUT2D eigenvalue weighted by Gasteiger charge is -2.27. The normalized spacial score (nSPS) is 18.6. The van der Waals surface area contributed by atoms with Gasteiger partial charge in [-0.05, 0) is 67.1 Å². The number of amidine groups is 1. The highest BCUT2D eigenvalue weighted by atomic mass is 32.2. The second-order valence-electron chi connectivity index (χ2n) is 9.14. The van der Waals surface area contributed by atoms with Crippen LogP contribution in [0, 0.1) is 6.92 Å². The molecule has 1 amide bonds. The zero-order valence-electron chi connectivity index (χ0n) is 21.1. The number of benzene rings is 2. The number of para-hydroxylation sites is 1. The standard InChI is InChI=1S/C29H29N3O5S/c1-20-18-21(28(34)35)8-10-24(20)25-11-9-23(37-25)19-26-27(33)32(13-5-12-31-14-16-36-17-15-31)29(38-26)30-22-6-3-2-4-7-22/h2-4,6-11,18-19H,5,12-17H2,1H3,(H,34,35)/b26-19-,30-29?. The maximum Gasteiger partial charge on any atom is 0.335 e. The van der Waals surface area contributed by atoms with Gasteiger partial charge in [0.25, 0.3) is 5.91 Å². The van der Waals surface area contributed by atoms with Crippen LogP contribution in [0.1, 0.15) is 28.1 Å². The summed E-state index contributed by atoms with van der Waals surface area (Å²) in [6, 6.07) is 18.2. The number of rotatable bonds is 8. The van der Waals surface area contributed by atoms with Gasteiger partial charge in [-0.1, -0.05) is 24.3 Å². The van der Waals surface area contributed by atoms with Gasteiger partial charge in [0.05, 0.1) is 29.4 Å². The topological polar surface area (TPSA) is 95.6 Å². The quantitative estimate of drug-likeness (QED) is 0.395. The number of aromatic carboxylic acids is 1. The number of hydrogen-bond donors (Lipinski definition) is 1. The summed E-state index contributed by atoms with van der Waals surface area (Å²) in [6.07, 6.45) is 2.59. The first-order chi connectivity index (χ1) is 18.5. The van der Waals surface area contributed by atoms with Gasteiger partial charge in [0.15, 0.2) is 5.17 Å². The lowest BCUT2D eigenvalue weighted by Crippen LogP contribution is -2.38. The molecule has 2 aliphatic rings. The van der Waals surface area contributed by atoms with Crippen LogP contribution in [-0.2, 0) is 9.53 Å². The number of carboxylic acids is 1. The Hall–Kier alpha value is -3.66. The number of amides is 1. The first-order valence-electron chi connectivity index (χ1n) is 12.6. The molecule has 3 aromatic rings. The molecule has 0 spiro atoms. The van der Waals surface area contributed by atoms with Gasteiger partial charge in [-0.15, -0.1) is 0 Å². The molecule has 2 aliphatic heterocycles. The maximum absolute atomic E-state index is 13.4. The Bertz CT molecular complexity index is 1380. The van der Waals surface area contributed by atoms with Gasteiger partial charge in [-0.3, -0.25) is 14.6 Å². The third kappa shape index (κ3) is 6.07. The average Bonchev–Trinajstić information content (AvgIpc) is 3.50. The Balaban J connectivity index is 1.35. The third-order valence-electron chi connectivity index (χ3n) is 6.47. The predicted octanol–water partition coefficient (Wildman–Crippen LogP) is 5.28. The minimum atomic E-state index is -0.969. The summed E-state index contributed by atoms with van der Waals surface area (Å²) < 4.78 is 11.5. The van der Waals surface area contributed by atoms with E-state index in [9.17, 15) is 14.7 Å². The van der Waals surface area contributed by atoms with Crippen LogP contribution < -0.4 is 0 Å². The van der Waals surface area contributed by atoms with Crippen LogP contribution in [0.25, 0.3) is 17.4 Å². The number of carbonyl (C=O) groups is 2. The second kappa shape index (κ2) is 11.8. The van der Waals surface area contributed by atoms with Crippen LogP contribution in [0.4, 0.5) is 5.69 Å². The molecule has 5 rings (SSSR count). The van der Waals surface area contributed by atoms with E-state index < -0.39 is 5.97 Å². The number of nitrogens with zero attached hydrogens (tertiary/aromatic N) is 3. The molecule has 0 unspecified atom stereocenters. The fourth-order valence-corrected chi connectivity index (χ4v) is 5.46. The Morgan fingerprint density at radius 2 is 1.87 bits per heavy atom. The minimum Gasteiger partial charge on any atom is -0.478 e.